The van der Waals surface area contributed by atoms with E-state index in [1.54, 1.807) is 7.11 Å². The summed E-state index contributed by atoms with van der Waals surface area (Å²) in [7, 11) is 5.88. The normalized spacial score (nSPS) is 12.6. The van der Waals surface area contributed by atoms with Crippen molar-refractivity contribution in [3.05, 3.63) is 0 Å². The van der Waals surface area contributed by atoms with E-state index in [1.165, 1.54) is 0 Å². The molecule has 0 unspecified atom stereocenters. The highest BCUT2D eigenvalue weighted by Gasteiger charge is 2.27. The van der Waals surface area contributed by atoms with E-state index < -0.39 is 0 Å². The summed E-state index contributed by atoms with van der Waals surface area (Å²) in [5.74, 6) is 0. The average Bonchev–Trinajstić information content (AvgIpc) is 1.92. The number of ether oxygens (including phenoxy) is 1. The number of methoxy groups -OCH3 is 1. The third kappa shape index (κ3) is 1.70. The lowest BCUT2D eigenvalue weighted by atomic mass is 10.1. The van der Waals surface area contributed by atoms with Crippen molar-refractivity contribution < 1.29 is 4.74 Å². The predicted molar refractivity (Wildman–Crippen MR) is 44.0 cm³/mol. The molecule has 0 saturated carbocycles. The summed E-state index contributed by atoms with van der Waals surface area (Å²) in [6, 6.07) is 0. The van der Waals surface area contributed by atoms with E-state index in [0.717, 1.165) is 12.8 Å². The van der Waals surface area contributed by atoms with Crippen LogP contribution in [-0.2, 0) is 4.74 Å². The summed E-state index contributed by atoms with van der Waals surface area (Å²) in [5.41, 5.74) is -0.0417. The van der Waals surface area contributed by atoms with Crippen molar-refractivity contribution in [3.63, 3.8) is 0 Å². The van der Waals surface area contributed by atoms with E-state index >= 15 is 0 Å². The Balaban J connectivity index is 4.15. The van der Waals surface area contributed by atoms with E-state index in [1.807, 2.05) is 0 Å². The molecule has 0 aliphatic heterocycles. The third-order valence-electron chi connectivity index (χ3n) is 2.30. The summed E-state index contributed by atoms with van der Waals surface area (Å²) < 4.78 is 5.42. The first kappa shape index (κ1) is 9.92. The van der Waals surface area contributed by atoms with Crippen LogP contribution in [0.25, 0.3) is 0 Å². The Bertz CT molecular complexity index is 79.0. The van der Waals surface area contributed by atoms with Crippen LogP contribution in [0.2, 0.25) is 0 Å². The Labute approximate surface area is 64.2 Å². The summed E-state index contributed by atoms with van der Waals surface area (Å²) in [5, 5.41) is 0. The minimum absolute atomic E-state index is 0.0417. The molecule has 62 valence electrons. The maximum atomic E-state index is 5.42. The molecule has 0 amide bonds. The fraction of sp³-hybridized carbons (Fsp3) is 1.00. The highest BCUT2D eigenvalue weighted by Crippen LogP contribution is 2.21. The van der Waals surface area contributed by atoms with Crippen LogP contribution in [0.5, 0.6) is 0 Å². The minimum atomic E-state index is -0.0417. The number of hydrogen-bond acceptors (Lipinski definition) is 2. The zero-order valence-corrected chi connectivity index (χ0v) is 7.77. The van der Waals surface area contributed by atoms with Crippen molar-refractivity contribution in [1.82, 2.24) is 4.90 Å². The monoisotopic (exact) mass is 145 g/mol. The fourth-order valence-corrected chi connectivity index (χ4v) is 1.35. The quantitative estimate of drug-likeness (QED) is 0.558. The maximum absolute atomic E-state index is 5.42. The first-order valence-electron chi connectivity index (χ1n) is 3.85. The van der Waals surface area contributed by atoms with Gasteiger partial charge in [-0.05, 0) is 26.9 Å². The maximum Gasteiger partial charge on any atom is 0.120 e. The Morgan fingerprint density at radius 3 is 1.60 bits per heavy atom. The molecular weight excluding hydrogens is 126 g/mol. The van der Waals surface area contributed by atoms with E-state index in [-0.39, 0.29) is 5.72 Å². The van der Waals surface area contributed by atoms with Gasteiger partial charge >= 0.3 is 0 Å². The molecule has 2 heteroatoms. The third-order valence-corrected chi connectivity index (χ3v) is 2.30. The standard InChI is InChI=1S/C8H19NO/c1-6-8(7-2,10-5)9(3)4/h6-7H2,1-5H3. The molecule has 10 heavy (non-hydrogen) atoms. The van der Waals surface area contributed by atoms with Gasteiger partial charge in [0.05, 0.1) is 0 Å². The molecule has 0 aliphatic rings. The van der Waals surface area contributed by atoms with Crippen LogP contribution in [-0.4, -0.2) is 31.8 Å². The van der Waals surface area contributed by atoms with E-state index in [4.69, 9.17) is 4.74 Å². The molecule has 0 aromatic rings. The Morgan fingerprint density at radius 2 is 1.60 bits per heavy atom. The molecular formula is C8H19NO. The molecule has 0 saturated heterocycles. The smallest absolute Gasteiger partial charge is 0.120 e. The molecule has 0 rings (SSSR count). The summed E-state index contributed by atoms with van der Waals surface area (Å²) in [4.78, 5) is 2.13. The topological polar surface area (TPSA) is 12.5 Å². The van der Waals surface area contributed by atoms with Gasteiger partial charge in [-0.2, -0.15) is 0 Å². The molecule has 0 aromatic carbocycles. The molecule has 2 nitrogen and oxygen atoms in total. The van der Waals surface area contributed by atoms with Crippen LogP contribution in [0.1, 0.15) is 26.7 Å². The van der Waals surface area contributed by atoms with Gasteiger partial charge in [-0.15, -0.1) is 0 Å². The second kappa shape index (κ2) is 3.94. The van der Waals surface area contributed by atoms with Gasteiger partial charge in [0.25, 0.3) is 0 Å². The SMILES string of the molecule is CCC(CC)(OC)N(C)C. The minimum Gasteiger partial charge on any atom is -0.364 e. The second-order valence-corrected chi connectivity index (χ2v) is 2.75. The highest BCUT2D eigenvalue weighted by molar-refractivity contribution is 4.72. The summed E-state index contributed by atoms with van der Waals surface area (Å²) in [6.45, 7) is 4.29. The van der Waals surface area contributed by atoms with Crippen molar-refractivity contribution in [3.8, 4) is 0 Å². The molecule has 0 spiro atoms. The van der Waals surface area contributed by atoms with Gasteiger partial charge in [-0.25, -0.2) is 0 Å². The molecule has 0 atom stereocenters. The lowest BCUT2D eigenvalue weighted by molar-refractivity contribution is -0.119. The van der Waals surface area contributed by atoms with Crippen molar-refractivity contribution in [2.75, 3.05) is 21.2 Å². The zero-order chi connectivity index (χ0) is 8.20. The van der Waals surface area contributed by atoms with E-state index in [0.29, 0.717) is 0 Å². The highest BCUT2D eigenvalue weighted by atomic mass is 16.5. The predicted octanol–water partition coefficient (Wildman–Crippen LogP) is 1.71. The molecule has 0 aromatic heterocycles. The molecule has 0 fully saturated rings. The Hall–Kier alpha value is -0.0800. The van der Waals surface area contributed by atoms with Crippen molar-refractivity contribution in [1.29, 1.82) is 0 Å². The van der Waals surface area contributed by atoms with Gasteiger partial charge < -0.3 is 4.74 Å². The van der Waals surface area contributed by atoms with Crippen molar-refractivity contribution in [2.24, 2.45) is 0 Å². The molecule has 0 aliphatic carbocycles. The van der Waals surface area contributed by atoms with Crippen LogP contribution in [0.4, 0.5) is 0 Å². The van der Waals surface area contributed by atoms with Gasteiger partial charge in [0.1, 0.15) is 5.72 Å². The van der Waals surface area contributed by atoms with Gasteiger partial charge in [0.15, 0.2) is 0 Å². The van der Waals surface area contributed by atoms with Gasteiger partial charge in [0.2, 0.25) is 0 Å². The number of nitrogens with zero attached hydrogens (tertiary/aromatic N) is 1. The van der Waals surface area contributed by atoms with Crippen LogP contribution < -0.4 is 0 Å². The largest absolute Gasteiger partial charge is 0.364 e. The zero-order valence-electron chi connectivity index (χ0n) is 7.77. The van der Waals surface area contributed by atoms with Crippen molar-refractivity contribution in [2.45, 2.75) is 32.4 Å². The molecule has 0 radical (unpaired) electrons. The molecule has 0 N–H and O–H groups in total. The lowest BCUT2D eigenvalue weighted by Crippen LogP contribution is -2.44. The summed E-state index contributed by atoms with van der Waals surface area (Å²) >= 11 is 0. The van der Waals surface area contributed by atoms with Gasteiger partial charge in [0, 0.05) is 7.11 Å². The molecule has 0 heterocycles. The number of hydrogen-bond donors (Lipinski definition) is 0. The van der Waals surface area contributed by atoms with Crippen LogP contribution in [0.15, 0.2) is 0 Å². The Kier molecular flexibility index (Phi) is 3.91. The summed E-state index contributed by atoms with van der Waals surface area (Å²) in [6.07, 6.45) is 2.07. The van der Waals surface area contributed by atoms with Crippen LogP contribution in [0, 0.1) is 0 Å². The second-order valence-electron chi connectivity index (χ2n) is 2.75. The van der Waals surface area contributed by atoms with E-state index in [9.17, 15) is 0 Å². The van der Waals surface area contributed by atoms with Crippen LogP contribution in [0.3, 0.4) is 0 Å². The Morgan fingerprint density at radius 1 is 1.20 bits per heavy atom. The van der Waals surface area contributed by atoms with Gasteiger partial charge in [-0.3, -0.25) is 4.90 Å². The number of rotatable bonds is 4. The van der Waals surface area contributed by atoms with Gasteiger partial charge in [-0.1, -0.05) is 13.8 Å². The molecule has 0 bridgehead atoms. The van der Waals surface area contributed by atoms with E-state index in [2.05, 4.69) is 32.8 Å². The lowest BCUT2D eigenvalue weighted by Gasteiger charge is -2.36. The average molecular weight is 145 g/mol. The first-order chi connectivity index (χ1) is 4.63. The van der Waals surface area contributed by atoms with Crippen LogP contribution >= 0.6 is 0 Å². The van der Waals surface area contributed by atoms with Crippen molar-refractivity contribution >= 4 is 0 Å². The fourth-order valence-electron chi connectivity index (χ4n) is 1.35. The first-order valence-corrected chi connectivity index (χ1v) is 3.85.